The van der Waals surface area contributed by atoms with Gasteiger partial charge in [0, 0.05) is 38.0 Å². The molecule has 0 spiro atoms. The van der Waals surface area contributed by atoms with E-state index < -0.39 is 72.7 Å². The van der Waals surface area contributed by atoms with Crippen LogP contribution >= 0.6 is 0 Å². The van der Waals surface area contributed by atoms with Crippen LogP contribution in [0.3, 0.4) is 0 Å². The second-order valence-electron chi connectivity index (χ2n) is 11.6. The van der Waals surface area contributed by atoms with Crippen molar-refractivity contribution < 1.29 is 77.4 Å². The smallest absolute Gasteiger partial charge is 0.333 e. The summed E-state index contributed by atoms with van der Waals surface area (Å²) in [5, 5.41) is 40.9. The van der Waals surface area contributed by atoms with Crippen molar-refractivity contribution in [2.24, 2.45) is 0 Å². The molecule has 1 fully saturated rings. The molecule has 0 radical (unpaired) electrons. The maximum absolute atomic E-state index is 11.2. The standard InChI is InChI=1S/C12H18N2O6.C12H19NO7.C6H11NO.C5H7NO2/c1-8(2)12(18)20-5-4-19-11(17)6-10(16)14-7-13-9(3)15;1-5(2)11(17)19-4-7-9(15)10(16)8(12(18)20-7)13-6(3)14;1-4-6(8)7-5(2)3;1-3-5(8)6-4(2)7/h1,4-7H2,2-3H3,(H,13,15)(H,14,16);7-10,12,15-16,18H,1,4H2,2-3H3,(H,13,14);4-5H,1H2,2-3H3,(H,7,8);3H,1H2,2H3,(H,6,7,8). The highest BCUT2D eigenvalue weighted by molar-refractivity contribution is 5.99. The van der Waals surface area contributed by atoms with E-state index in [1.807, 2.05) is 19.2 Å². The molecule has 5 atom stereocenters. The third-order valence-electron chi connectivity index (χ3n) is 5.77. The summed E-state index contributed by atoms with van der Waals surface area (Å²) in [7, 11) is 0. The first-order valence-corrected chi connectivity index (χ1v) is 16.6. The van der Waals surface area contributed by atoms with Gasteiger partial charge in [0.1, 0.15) is 50.6 Å². The minimum absolute atomic E-state index is 0.0579. The Bertz CT molecular complexity index is 1410. The van der Waals surface area contributed by atoms with Crippen LogP contribution < -0.4 is 26.6 Å². The predicted octanol–water partition coefficient (Wildman–Crippen LogP) is -2.17. The lowest BCUT2D eigenvalue weighted by Crippen LogP contribution is -2.64. The Kier molecular flexibility index (Phi) is 29.8. The van der Waals surface area contributed by atoms with Crippen molar-refractivity contribution in [3.05, 3.63) is 49.6 Å². The molecule has 6 amide bonds. The zero-order valence-electron chi connectivity index (χ0n) is 32.6. The first-order valence-electron chi connectivity index (χ1n) is 16.6. The van der Waals surface area contributed by atoms with Gasteiger partial charge in [0.05, 0.1) is 6.67 Å². The van der Waals surface area contributed by atoms with Gasteiger partial charge in [-0.25, -0.2) is 9.59 Å². The lowest BCUT2D eigenvalue weighted by molar-refractivity contribution is -0.255. The SMILES string of the molecule is C=C(C)C(=O)OCC1OC(O)C(NC(C)=O)C(O)C1O.C=C(C)C(=O)OCCOC(=O)CC(=O)NCNC(C)=O.C=CC(=O)NC(C)=O.C=CC(=O)NC(C)C. The summed E-state index contributed by atoms with van der Waals surface area (Å²) in [6.07, 6.45) is -3.67. The van der Waals surface area contributed by atoms with Gasteiger partial charge in [-0.05, 0) is 39.8 Å². The third kappa shape index (κ3) is 29.7. The van der Waals surface area contributed by atoms with Crippen molar-refractivity contribution in [3.8, 4) is 0 Å². The average Bonchev–Trinajstić information content (AvgIpc) is 3.09. The van der Waals surface area contributed by atoms with E-state index in [1.165, 1.54) is 40.7 Å². The van der Waals surface area contributed by atoms with Gasteiger partial charge >= 0.3 is 17.9 Å². The highest BCUT2D eigenvalue weighted by atomic mass is 16.6. The van der Waals surface area contributed by atoms with Gasteiger partial charge in [0.2, 0.25) is 35.4 Å². The number of carbonyl (C=O) groups is 9. The highest BCUT2D eigenvalue weighted by Gasteiger charge is 2.44. The van der Waals surface area contributed by atoms with Crippen LogP contribution in [0.5, 0.6) is 0 Å². The molecule has 0 aliphatic carbocycles. The molecule has 56 heavy (non-hydrogen) atoms. The van der Waals surface area contributed by atoms with Gasteiger partial charge < -0.3 is 55.5 Å². The number of nitrogens with one attached hydrogen (secondary N) is 5. The van der Waals surface area contributed by atoms with Gasteiger partial charge in [0.15, 0.2) is 6.29 Å². The maximum atomic E-state index is 11.2. The van der Waals surface area contributed by atoms with Gasteiger partial charge in [-0.1, -0.05) is 26.3 Å². The summed E-state index contributed by atoms with van der Waals surface area (Å²) in [6.45, 7) is 23.1. The topological polar surface area (TPSA) is 311 Å². The van der Waals surface area contributed by atoms with Crippen LogP contribution in [0.4, 0.5) is 0 Å². The van der Waals surface area contributed by atoms with Crippen LogP contribution in [0, 0.1) is 0 Å². The van der Waals surface area contributed by atoms with E-state index in [0.717, 1.165) is 6.08 Å². The third-order valence-corrected chi connectivity index (χ3v) is 5.77. The lowest BCUT2D eigenvalue weighted by Gasteiger charge is -2.40. The zero-order valence-corrected chi connectivity index (χ0v) is 32.6. The summed E-state index contributed by atoms with van der Waals surface area (Å²) in [4.78, 5) is 96.7. The minimum Gasteiger partial charge on any atom is -0.462 e. The van der Waals surface area contributed by atoms with E-state index in [4.69, 9.17) is 9.47 Å². The summed E-state index contributed by atoms with van der Waals surface area (Å²) in [5.41, 5.74) is 0.418. The summed E-state index contributed by atoms with van der Waals surface area (Å²) in [6, 6.07) is -0.948. The van der Waals surface area contributed by atoms with Crippen molar-refractivity contribution in [2.45, 2.75) is 91.6 Å². The van der Waals surface area contributed by atoms with Gasteiger partial charge in [-0.2, -0.15) is 0 Å². The number of imide groups is 1. The number of hydrogen-bond donors (Lipinski definition) is 8. The van der Waals surface area contributed by atoms with E-state index in [0.29, 0.717) is 0 Å². The fourth-order valence-electron chi connectivity index (χ4n) is 3.25. The molecule has 8 N–H and O–H groups in total. The second-order valence-corrected chi connectivity index (χ2v) is 11.6. The molecule has 1 heterocycles. The number of rotatable bonds is 15. The molecule has 0 aromatic carbocycles. The number of esters is 3. The summed E-state index contributed by atoms with van der Waals surface area (Å²) >= 11 is 0. The Morgan fingerprint density at radius 3 is 1.64 bits per heavy atom. The number of amides is 6. The van der Waals surface area contributed by atoms with Crippen molar-refractivity contribution >= 4 is 53.4 Å². The quantitative estimate of drug-likeness (QED) is 0.0218. The van der Waals surface area contributed by atoms with E-state index in [1.54, 1.807) is 0 Å². The zero-order chi connectivity index (χ0) is 44.1. The monoisotopic (exact) mass is 801 g/mol. The van der Waals surface area contributed by atoms with E-state index in [-0.39, 0.29) is 61.4 Å². The van der Waals surface area contributed by atoms with Crippen LogP contribution in [-0.4, -0.2) is 132 Å². The Hall–Kier alpha value is -5.77. The molecule has 1 aliphatic heterocycles. The molecule has 0 aromatic rings. The van der Waals surface area contributed by atoms with Gasteiger partial charge in [0.25, 0.3) is 0 Å². The molecule has 5 unspecified atom stereocenters. The highest BCUT2D eigenvalue weighted by Crippen LogP contribution is 2.20. The van der Waals surface area contributed by atoms with Crippen LogP contribution in [0.15, 0.2) is 49.6 Å². The molecule has 0 saturated carbocycles. The lowest BCUT2D eigenvalue weighted by atomic mass is 9.97. The molecular weight excluding hydrogens is 746 g/mol. The fourth-order valence-corrected chi connectivity index (χ4v) is 3.25. The molecular formula is C35H55N5O16. The van der Waals surface area contributed by atoms with Crippen molar-refractivity contribution in [1.29, 1.82) is 0 Å². The summed E-state index contributed by atoms with van der Waals surface area (Å²) < 4.78 is 19.2. The van der Waals surface area contributed by atoms with Crippen LogP contribution in [0.1, 0.15) is 54.9 Å². The molecule has 0 aromatic heterocycles. The Morgan fingerprint density at radius 2 is 1.23 bits per heavy atom. The van der Waals surface area contributed by atoms with E-state index >= 15 is 0 Å². The van der Waals surface area contributed by atoms with Crippen molar-refractivity contribution in [2.75, 3.05) is 26.5 Å². The number of ether oxygens (including phenoxy) is 4. The Balaban J connectivity index is -0.000000729. The molecule has 21 heteroatoms. The number of aliphatic hydroxyl groups is 3. The molecule has 1 saturated heterocycles. The number of hydrogen-bond acceptors (Lipinski definition) is 16. The Labute approximate surface area is 324 Å². The fraction of sp³-hybridized carbons (Fsp3) is 0.514. The van der Waals surface area contributed by atoms with Crippen molar-refractivity contribution in [3.63, 3.8) is 0 Å². The number of aliphatic hydroxyl groups excluding tert-OH is 3. The first-order chi connectivity index (χ1) is 25.9. The number of carbonyl (C=O) groups excluding carboxylic acids is 9. The van der Waals surface area contributed by atoms with E-state index in [9.17, 15) is 58.5 Å². The van der Waals surface area contributed by atoms with Crippen LogP contribution in [0.2, 0.25) is 0 Å². The molecule has 1 aliphatic rings. The van der Waals surface area contributed by atoms with Crippen LogP contribution in [0.25, 0.3) is 0 Å². The molecule has 316 valence electrons. The molecule has 0 bridgehead atoms. The van der Waals surface area contributed by atoms with E-state index in [2.05, 4.69) is 57.1 Å². The summed E-state index contributed by atoms with van der Waals surface area (Å²) in [5.74, 6) is -4.31. The average molecular weight is 802 g/mol. The first kappa shape index (κ1) is 54.6. The maximum Gasteiger partial charge on any atom is 0.333 e. The minimum atomic E-state index is -1.52. The Morgan fingerprint density at radius 1 is 0.714 bits per heavy atom. The van der Waals surface area contributed by atoms with Gasteiger partial charge in [-0.15, -0.1) is 0 Å². The normalized spacial score (nSPS) is 17.6. The van der Waals surface area contributed by atoms with Crippen molar-refractivity contribution in [1.82, 2.24) is 26.6 Å². The molecule has 1 rings (SSSR count). The van der Waals surface area contributed by atoms with Crippen LogP contribution in [-0.2, 0) is 62.1 Å². The van der Waals surface area contributed by atoms with Gasteiger partial charge in [-0.3, -0.25) is 38.9 Å². The largest absolute Gasteiger partial charge is 0.462 e. The predicted molar refractivity (Wildman–Crippen MR) is 197 cm³/mol. The molecule has 21 nitrogen and oxygen atoms in total. The second kappa shape index (κ2) is 30.5.